The third-order valence-corrected chi connectivity index (χ3v) is 4.31. The van der Waals surface area contributed by atoms with Gasteiger partial charge in [0.2, 0.25) is 0 Å². The highest BCUT2D eigenvalue weighted by Crippen LogP contribution is 2.28. The van der Waals surface area contributed by atoms with Crippen molar-refractivity contribution in [3.05, 3.63) is 35.9 Å². The monoisotopic (exact) mass is 245 g/mol. The number of hydrogen-bond acceptors (Lipinski definition) is 1. The maximum Gasteiger partial charge on any atom is 0.0317 e. The van der Waals surface area contributed by atoms with Crippen molar-refractivity contribution in [3.63, 3.8) is 0 Å². The zero-order chi connectivity index (χ0) is 12.8. The molecule has 0 spiro atoms. The molecule has 1 heteroatoms. The molecule has 1 saturated carbocycles. The zero-order valence-electron chi connectivity index (χ0n) is 11.9. The van der Waals surface area contributed by atoms with Crippen molar-refractivity contribution < 1.29 is 0 Å². The lowest BCUT2D eigenvalue weighted by molar-refractivity contribution is 0.266. The Morgan fingerprint density at radius 1 is 1.22 bits per heavy atom. The van der Waals surface area contributed by atoms with Crippen LogP contribution in [0.3, 0.4) is 0 Å². The highest BCUT2D eigenvalue weighted by molar-refractivity contribution is 5.18. The Morgan fingerprint density at radius 3 is 2.67 bits per heavy atom. The molecule has 1 nitrogen and oxygen atoms in total. The largest absolute Gasteiger partial charge is 0.310 e. The smallest absolute Gasteiger partial charge is 0.0317 e. The highest BCUT2D eigenvalue weighted by atomic mass is 14.9. The molecule has 0 aliphatic heterocycles. The quantitative estimate of drug-likeness (QED) is 0.802. The van der Waals surface area contributed by atoms with Crippen LogP contribution >= 0.6 is 0 Å². The predicted molar refractivity (Wildman–Crippen MR) is 78.6 cm³/mol. The summed E-state index contributed by atoms with van der Waals surface area (Å²) in [5.41, 5.74) is 1.43. The molecule has 100 valence electrons. The van der Waals surface area contributed by atoms with Crippen LogP contribution in [0.25, 0.3) is 0 Å². The van der Waals surface area contributed by atoms with Gasteiger partial charge >= 0.3 is 0 Å². The Morgan fingerprint density at radius 2 is 2.00 bits per heavy atom. The van der Waals surface area contributed by atoms with E-state index in [1.165, 1.54) is 44.2 Å². The summed E-state index contributed by atoms with van der Waals surface area (Å²) in [5.74, 6) is 1.83. The average molecular weight is 245 g/mol. The van der Waals surface area contributed by atoms with Crippen molar-refractivity contribution in [2.45, 2.75) is 52.0 Å². The molecule has 1 aliphatic carbocycles. The zero-order valence-corrected chi connectivity index (χ0v) is 11.9. The Labute approximate surface area is 112 Å². The van der Waals surface area contributed by atoms with Gasteiger partial charge in [-0.2, -0.15) is 0 Å². The molecule has 1 aliphatic rings. The standard InChI is InChI=1S/C17H27N/c1-3-17(16-10-5-4-6-11-16)18-13-15-9-7-8-14(2)12-15/h4-6,10-11,14-15,17-18H,3,7-9,12-13H2,1-2H3. The fraction of sp³-hybridized carbons (Fsp3) is 0.647. The van der Waals surface area contributed by atoms with Gasteiger partial charge in [-0.3, -0.25) is 0 Å². The molecule has 2 rings (SSSR count). The van der Waals surface area contributed by atoms with Crippen LogP contribution in [0, 0.1) is 11.8 Å². The average Bonchev–Trinajstić information content (AvgIpc) is 2.41. The summed E-state index contributed by atoms with van der Waals surface area (Å²) < 4.78 is 0. The molecule has 1 N–H and O–H groups in total. The van der Waals surface area contributed by atoms with Gasteiger partial charge in [0.15, 0.2) is 0 Å². The summed E-state index contributed by atoms with van der Waals surface area (Å²) in [6.07, 6.45) is 6.87. The Hall–Kier alpha value is -0.820. The second kappa shape index (κ2) is 6.94. The molecule has 0 bridgehead atoms. The van der Waals surface area contributed by atoms with Crippen LogP contribution < -0.4 is 5.32 Å². The van der Waals surface area contributed by atoms with Gasteiger partial charge in [-0.1, -0.05) is 57.0 Å². The number of benzene rings is 1. The van der Waals surface area contributed by atoms with Crippen molar-refractivity contribution in [1.29, 1.82) is 0 Å². The number of nitrogens with one attached hydrogen (secondary N) is 1. The fourth-order valence-electron chi connectivity index (χ4n) is 3.24. The van der Waals surface area contributed by atoms with Crippen molar-refractivity contribution in [2.24, 2.45) is 11.8 Å². The van der Waals surface area contributed by atoms with Gasteiger partial charge in [0.05, 0.1) is 0 Å². The minimum Gasteiger partial charge on any atom is -0.310 e. The third-order valence-electron chi connectivity index (χ3n) is 4.31. The van der Waals surface area contributed by atoms with E-state index in [2.05, 4.69) is 49.5 Å². The number of hydrogen-bond donors (Lipinski definition) is 1. The molecule has 18 heavy (non-hydrogen) atoms. The van der Waals surface area contributed by atoms with E-state index >= 15 is 0 Å². The molecule has 0 radical (unpaired) electrons. The fourth-order valence-corrected chi connectivity index (χ4v) is 3.24. The molecule has 0 saturated heterocycles. The second-order valence-corrected chi connectivity index (χ2v) is 5.92. The van der Waals surface area contributed by atoms with Crippen LogP contribution in [0.5, 0.6) is 0 Å². The van der Waals surface area contributed by atoms with Gasteiger partial charge in [0.1, 0.15) is 0 Å². The third kappa shape index (κ3) is 3.84. The topological polar surface area (TPSA) is 12.0 Å². The number of rotatable bonds is 5. The summed E-state index contributed by atoms with van der Waals surface area (Å²) in [5, 5.41) is 3.78. The summed E-state index contributed by atoms with van der Waals surface area (Å²) >= 11 is 0. The SMILES string of the molecule is CCC(NCC1CCCC(C)C1)c1ccccc1. The van der Waals surface area contributed by atoms with E-state index in [0.717, 1.165) is 11.8 Å². The molecule has 1 aromatic rings. The lowest BCUT2D eigenvalue weighted by Gasteiger charge is -2.28. The molecule has 0 amide bonds. The van der Waals surface area contributed by atoms with Crippen molar-refractivity contribution in [2.75, 3.05) is 6.54 Å². The lowest BCUT2D eigenvalue weighted by Crippen LogP contribution is -2.29. The van der Waals surface area contributed by atoms with Gasteiger partial charge in [-0.05, 0) is 43.2 Å². The van der Waals surface area contributed by atoms with E-state index in [9.17, 15) is 0 Å². The summed E-state index contributed by atoms with van der Waals surface area (Å²) in [6, 6.07) is 11.4. The Kier molecular flexibility index (Phi) is 5.25. The molecular weight excluding hydrogens is 218 g/mol. The normalized spacial score (nSPS) is 25.9. The highest BCUT2D eigenvalue weighted by Gasteiger charge is 2.19. The molecular formula is C17H27N. The molecule has 0 aromatic heterocycles. The van der Waals surface area contributed by atoms with Crippen LogP contribution in [0.4, 0.5) is 0 Å². The minimum atomic E-state index is 0.531. The van der Waals surface area contributed by atoms with Gasteiger partial charge in [0.25, 0.3) is 0 Å². The van der Waals surface area contributed by atoms with Crippen molar-refractivity contribution in [1.82, 2.24) is 5.32 Å². The second-order valence-electron chi connectivity index (χ2n) is 5.92. The van der Waals surface area contributed by atoms with Gasteiger partial charge in [-0.25, -0.2) is 0 Å². The van der Waals surface area contributed by atoms with Crippen LogP contribution in [-0.2, 0) is 0 Å². The van der Waals surface area contributed by atoms with Gasteiger partial charge < -0.3 is 5.32 Å². The van der Waals surface area contributed by atoms with E-state index in [1.54, 1.807) is 0 Å². The Balaban J connectivity index is 1.84. The van der Waals surface area contributed by atoms with Crippen LogP contribution in [0.1, 0.15) is 57.6 Å². The predicted octanol–water partition coefficient (Wildman–Crippen LogP) is 4.55. The first kappa shape index (κ1) is 13.6. The lowest BCUT2D eigenvalue weighted by atomic mass is 9.82. The first-order valence-corrected chi connectivity index (χ1v) is 7.58. The van der Waals surface area contributed by atoms with E-state index < -0.39 is 0 Å². The minimum absolute atomic E-state index is 0.531. The molecule has 1 aromatic carbocycles. The molecule has 0 heterocycles. The van der Waals surface area contributed by atoms with Crippen molar-refractivity contribution in [3.8, 4) is 0 Å². The van der Waals surface area contributed by atoms with E-state index in [4.69, 9.17) is 0 Å². The molecule has 3 unspecified atom stereocenters. The summed E-state index contributed by atoms with van der Waals surface area (Å²) in [6.45, 7) is 5.87. The van der Waals surface area contributed by atoms with Crippen LogP contribution in [0.2, 0.25) is 0 Å². The van der Waals surface area contributed by atoms with Gasteiger partial charge in [0, 0.05) is 6.04 Å². The van der Waals surface area contributed by atoms with Gasteiger partial charge in [-0.15, -0.1) is 0 Å². The summed E-state index contributed by atoms with van der Waals surface area (Å²) in [7, 11) is 0. The summed E-state index contributed by atoms with van der Waals surface area (Å²) in [4.78, 5) is 0. The maximum absolute atomic E-state index is 3.78. The molecule has 3 atom stereocenters. The maximum atomic E-state index is 3.78. The van der Waals surface area contributed by atoms with E-state index in [0.29, 0.717) is 6.04 Å². The Bertz CT molecular complexity index is 333. The van der Waals surface area contributed by atoms with Crippen molar-refractivity contribution >= 4 is 0 Å². The first-order chi connectivity index (χ1) is 8.79. The van der Waals surface area contributed by atoms with E-state index in [1.807, 2.05) is 0 Å². The van der Waals surface area contributed by atoms with Crippen LogP contribution in [-0.4, -0.2) is 6.54 Å². The molecule has 1 fully saturated rings. The van der Waals surface area contributed by atoms with Crippen LogP contribution in [0.15, 0.2) is 30.3 Å². The first-order valence-electron chi connectivity index (χ1n) is 7.58. The van der Waals surface area contributed by atoms with E-state index in [-0.39, 0.29) is 0 Å².